The Morgan fingerprint density at radius 3 is 2.11 bits per heavy atom. The molecule has 1 heterocycles. The highest BCUT2D eigenvalue weighted by Gasteiger charge is 2.49. The molecule has 3 N–H and O–H groups in total. The maximum absolute atomic E-state index is 14.3. The fraction of sp³-hybridized carbons (Fsp3) is 0.467. The van der Waals surface area contributed by atoms with Gasteiger partial charge in [0.15, 0.2) is 0 Å². The van der Waals surface area contributed by atoms with E-state index in [2.05, 4.69) is 28.1 Å². The summed E-state index contributed by atoms with van der Waals surface area (Å²) in [5.74, 6) is -0.948. The molecule has 4 rings (SSSR count). The third-order valence-corrected chi connectivity index (χ3v) is 7.21. The van der Waals surface area contributed by atoms with Crippen molar-refractivity contribution >= 4 is 29.3 Å². The van der Waals surface area contributed by atoms with Crippen LogP contribution in [0.1, 0.15) is 63.8 Å². The molecular weight excluding hydrogens is 480 g/mol. The van der Waals surface area contributed by atoms with Crippen LogP contribution in [0.25, 0.3) is 0 Å². The zero-order valence-electron chi connectivity index (χ0n) is 22.8. The molecule has 1 unspecified atom stereocenters. The summed E-state index contributed by atoms with van der Waals surface area (Å²) in [5.41, 5.74) is 3.56. The van der Waals surface area contributed by atoms with Crippen LogP contribution in [-0.4, -0.2) is 46.7 Å². The van der Waals surface area contributed by atoms with E-state index in [4.69, 9.17) is 0 Å². The molecule has 1 aliphatic heterocycles. The van der Waals surface area contributed by atoms with Gasteiger partial charge in [-0.25, -0.2) is 0 Å². The predicted molar refractivity (Wildman–Crippen MR) is 146 cm³/mol. The monoisotopic (exact) mass is 518 g/mol. The highest BCUT2D eigenvalue weighted by atomic mass is 16.2. The molecule has 2 aromatic carbocycles. The Bertz CT molecular complexity index is 1180. The van der Waals surface area contributed by atoms with E-state index in [0.29, 0.717) is 30.5 Å². The molecule has 1 saturated heterocycles. The van der Waals surface area contributed by atoms with Gasteiger partial charge in [-0.3, -0.25) is 19.2 Å². The minimum absolute atomic E-state index is 0.0812. The molecule has 0 bridgehead atoms. The Morgan fingerprint density at radius 1 is 0.974 bits per heavy atom. The van der Waals surface area contributed by atoms with Crippen molar-refractivity contribution in [3.05, 3.63) is 65.2 Å². The number of benzene rings is 2. The zero-order chi connectivity index (χ0) is 27.6. The van der Waals surface area contributed by atoms with E-state index in [0.717, 1.165) is 0 Å². The Hall–Kier alpha value is -3.68. The van der Waals surface area contributed by atoms with Gasteiger partial charge in [0.05, 0.1) is 0 Å². The van der Waals surface area contributed by atoms with E-state index in [1.54, 1.807) is 24.3 Å². The Morgan fingerprint density at radius 2 is 1.58 bits per heavy atom. The number of nitrogens with one attached hydrogen (secondary N) is 3. The number of piperazine rings is 1. The van der Waals surface area contributed by atoms with Crippen molar-refractivity contribution in [2.75, 3.05) is 5.32 Å². The fourth-order valence-electron chi connectivity index (χ4n) is 5.63. The van der Waals surface area contributed by atoms with Crippen molar-refractivity contribution in [1.82, 2.24) is 15.5 Å². The highest BCUT2D eigenvalue weighted by Crippen LogP contribution is 2.35. The summed E-state index contributed by atoms with van der Waals surface area (Å²) in [4.78, 5) is 54.6. The van der Waals surface area contributed by atoms with Crippen LogP contribution in [0.3, 0.4) is 0 Å². The maximum Gasteiger partial charge on any atom is 0.247 e. The number of carbonyl (C=O) groups is 4. The average Bonchev–Trinajstić information content (AvgIpc) is 3.27. The number of nitrogens with zero attached hydrogens (tertiary/aromatic N) is 1. The first-order valence-electron chi connectivity index (χ1n) is 13.4. The van der Waals surface area contributed by atoms with Crippen molar-refractivity contribution in [3.8, 4) is 0 Å². The van der Waals surface area contributed by atoms with Crippen LogP contribution < -0.4 is 16.0 Å². The minimum Gasteiger partial charge on any atom is -0.352 e. The summed E-state index contributed by atoms with van der Waals surface area (Å²) < 4.78 is 0. The van der Waals surface area contributed by atoms with Crippen LogP contribution in [0, 0.1) is 11.8 Å². The normalized spacial score (nSPS) is 20.3. The van der Waals surface area contributed by atoms with Crippen molar-refractivity contribution in [3.63, 3.8) is 0 Å². The number of rotatable bonds is 8. The largest absolute Gasteiger partial charge is 0.352 e. The molecule has 1 aliphatic carbocycles. The van der Waals surface area contributed by atoms with E-state index in [1.165, 1.54) is 23.0 Å². The highest BCUT2D eigenvalue weighted by molar-refractivity contribution is 6.00. The minimum atomic E-state index is -0.989. The van der Waals surface area contributed by atoms with Crippen LogP contribution in [0.15, 0.2) is 48.5 Å². The van der Waals surface area contributed by atoms with Gasteiger partial charge in [0.25, 0.3) is 0 Å². The van der Waals surface area contributed by atoms with Gasteiger partial charge in [-0.1, -0.05) is 50.2 Å². The smallest absolute Gasteiger partial charge is 0.247 e. The summed E-state index contributed by atoms with van der Waals surface area (Å²) >= 11 is 0. The number of amides is 4. The van der Waals surface area contributed by atoms with Crippen molar-refractivity contribution in [2.45, 2.75) is 78.0 Å². The Balaban J connectivity index is 1.74. The molecule has 2 aromatic rings. The molecular formula is C30H38N4O4. The van der Waals surface area contributed by atoms with Gasteiger partial charge in [0, 0.05) is 18.7 Å². The quantitative estimate of drug-likeness (QED) is 0.498. The second-order valence-corrected chi connectivity index (χ2v) is 11.2. The second-order valence-electron chi connectivity index (χ2n) is 11.2. The molecule has 0 aromatic heterocycles. The van der Waals surface area contributed by atoms with Crippen LogP contribution in [0.2, 0.25) is 0 Å². The topological polar surface area (TPSA) is 108 Å². The zero-order valence-corrected chi connectivity index (χ0v) is 22.8. The molecule has 4 amide bonds. The van der Waals surface area contributed by atoms with Gasteiger partial charge in [0.2, 0.25) is 23.6 Å². The molecule has 0 radical (unpaired) electrons. The Kier molecular flexibility index (Phi) is 8.19. The number of fused-ring (bicyclic) bond motifs is 1. The lowest BCUT2D eigenvalue weighted by Crippen LogP contribution is -2.67. The number of hydrogen-bond donors (Lipinski definition) is 3. The van der Waals surface area contributed by atoms with Crippen LogP contribution in [0.4, 0.5) is 5.69 Å². The average molecular weight is 519 g/mol. The maximum atomic E-state index is 14.3. The second kappa shape index (κ2) is 11.4. The van der Waals surface area contributed by atoms with Crippen LogP contribution >= 0.6 is 0 Å². The molecule has 1 fully saturated rings. The van der Waals surface area contributed by atoms with E-state index in [-0.39, 0.29) is 41.5 Å². The molecule has 3 atom stereocenters. The lowest BCUT2D eigenvalue weighted by atomic mass is 9.88. The third kappa shape index (κ3) is 5.90. The van der Waals surface area contributed by atoms with Gasteiger partial charge in [-0.2, -0.15) is 0 Å². The molecule has 8 heteroatoms. The third-order valence-electron chi connectivity index (χ3n) is 7.21. The summed E-state index contributed by atoms with van der Waals surface area (Å²) in [5, 5.41) is 8.73. The van der Waals surface area contributed by atoms with Gasteiger partial charge in [-0.05, 0) is 73.8 Å². The molecule has 38 heavy (non-hydrogen) atoms. The van der Waals surface area contributed by atoms with Gasteiger partial charge in [-0.15, -0.1) is 0 Å². The number of hydrogen-bond acceptors (Lipinski definition) is 4. The van der Waals surface area contributed by atoms with Crippen LogP contribution in [-0.2, 0) is 32.0 Å². The van der Waals surface area contributed by atoms with E-state index >= 15 is 0 Å². The lowest BCUT2D eigenvalue weighted by Gasteiger charge is -2.45. The molecule has 2 aliphatic rings. The Labute approximate surface area is 224 Å². The summed E-state index contributed by atoms with van der Waals surface area (Å²) in [6.45, 7) is 9.16. The molecule has 8 nitrogen and oxygen atoms in total. The predicted octanol–water partition coefficient (Wildman–Crippen LogP) is 3.37. The molecule has 0 saturated carbocycles. The molecule has 202 valence electrons. The van der Waals surface area contributed by atoms with Crippen molar-refractivity contribution in [1.29, 1.82) is 0 Å². The van der Waals surface area contributed by atoms with E-state index in [1.807, 2.05) is 39.8 Å². The standard InChI is InChI=1S/C30H38N4O4/c1-17(2)14-25-28(36)33-26(23-15-21-8-6-7-9-22(21)16-23)30(38)34(25)27(29(37)31-18(3)4)20-10-12-24(13-11-20)32-19(5)35/h6-13,17-18,23,25-27H,14-16H2,1-5H3,(H,31,37)(H,32,35)(H,33,36)/t25-,26?,27-/m1/s1. The number of anilines is 1. The first-order chi connectivity index (χ1) is 18.0. The van der Waals surface area contributed by atoms with Crippen LogP contribution in [0.5, 0.6) is 0 Å². The first-order valence-corrected chi connectivity index (χ1v) is 13.4. The van der Waals surface area contributed by atoms with Gasteiger partial charge >= 0.3 is 0 Å². The lowest BCUT2D eigenvalue weighted by molar-refractivity contribution is -0.158. The fourth-order valence-corrected chi connectivity index (χ4v) is 5.63. The van der Waals surface area contributed by atoms with Crippen molar-refractivity contribution < 1.29 is 19.2 Å². The summed E-state index contributed by atoms with van der Waals surface area (Å²) in [7, 11) is 0. The summed E-state index contributed by atoms with van der Waals surface area (Å²) in [6, 6.07) is 12.4. The SMILES string of the molecule is CC(=O)Nc1ccc([C@H](C(=O)NC(C)C)N2C(=O)C(C3Cc4ccccc4C3)NC(=O)[C@H]2CC(C)C)cc1. The first kappa shape index (κ1) is 27.4. The van der Waals surface area contributed by atoms with E-state index in [9.17, 15) is 19.2 Å². The molecule has 0 spiro atoms. The van der Waals surface area contributed by atoms with Crippen molar-refractivity contribution in [2.24, 2.45) is 11.8 Å². The summed E-state index contributed by atoms with van der Waals surface area (Å²) in [6.07, 6.45) is 1.83. The van der Waals surface area contributed by atoms with E-state index < -0.39 is 18.1 Å². The van der Waals surface area contributed by atoms with Gasteiger partial charge < -0.3 is 20.9 Å². The van der Waals surface area contributed by atoms with Gasteiger partial charge in [0.1, 0.15) is 18.1 Å². The number of carbonyl (C=O) groups excluding carboxylic acids is 4.